The van der Waals surface area contributed by atoms with Gasteiger partial charge in [0, 0.05) is 43.3 Å². The number of nitrogens with zero attached hydrogens (tertiary/aromatic N) is 2. The molecule has 0 saturated carbocycles. The number of carbonyl (C=O) groups excluding carboxylic acids is 3. The van der Waals surface area contributed by atoms with Gasteiger partial charge in [-0.05, 0) is 50.5 Å². The Bertz CT molecular complexity index is 978. The van der Waals surface area contributed by atoms with Crippen molar-refractivity contribution in [2.45, 2.75) is 33.1 Å². The van der Waals surface area contributed by atoms with Crippen LogP contribution in [0.15, 0.2) is 48.5 Å². The van der Waals surface area contributed by atoms with Crippen LogP contribution >= 0.6 is 0 Å². The number of benzene rings is 2. The summed E-state index contributed by atoms with van der Waals surface area (Å²) >= 11 is 0. The van der Waals surface area contributed by atoms with Crippen LogP contribution in [-0.2, 0) is 14.4 Å². The smallest absolute Gasteiger partial charge is 0.228 e. The lowest BCUT2D eigenvalue weighted by atomic mass is 9.94. The molecule has 0 spiro atoms. The predicted octanol–water partition coefficient (Wildman–Crippen LogP) is 3.53. The van der Waals surface area contributed by atoms with Crippen molar-refractivity contribution >= 4 is 29.1 Å². The molecule has 2 fully saturated rings. The Morgan fingerprint density at radius 3 is 2.29 bits per heavy atom. The minimum Gasteiger partial charge on any atom is -0.342 e. The highest BCUT2D eigenvalue weighted by atomic mass is 16.2. The molecular formula is C25H29N3O3. The fourth-order valence-corrected chi connectivity index (χ4v) is 4.42. The first-order valence-electron chi connectivity index (χ1n) is 10.9. The summed E-state index contributed by atoms with van der Waals surface area (Å²) in [7, 11) is 0. The Kier molecular flexibility index (Phi) is 6.07. The topological polar surface area (TPSA) is 69.7 Å². The normalized spacial score (nSPS) is 19.5. The zero-order valence-corrected chi connectivity index (χ0v) is 18.1. The Labute approximate surface area is 183 Å². The van der Waals surface area contributed by atoms with Crippen molar-refractivity contribution < 1.29 is 14.4 Å². The van der Waals surface area contributed by atoms with Gasteiger partial charge in [-0.2, -0.15) is 0 Å². The second-order valence-corrected chi connectivity index (χ2v) is 8.64. The van der Waals surface area contributed by atoms with Gasteiger partial charge in [0.25, 0.3) is 0 Å². The molecular weight excluding hydrogens is 390 g/mol. The maximum Gasteiger partial charge on any atom is 0.228 e. The largest absolute Gasteiger partial charge is 0.342 e. The molecule has 1 N–H and O–H groups in total. The van der Waals surface area contributed by atoms with Gasteiger partial charge in [0.2, 0.25) is 17.7 Å². The molecule has 0 bridgehead atoms. The number of piperidine rings is 1. The molecule has 6 nitrogen and oxygen atoms in total. The molecule has 2 aromatic carbocycles. The molecule has 0 unspecified atom stereocenters. The van der Waals surface area contributed by atoms with Crippen LogP contribution in [0.25, 0.3) is 0 Å². The third-order valence-electron chi connectivity index (χ3n) is 6.40. The van der Waals surface area contributed by atoms with Gasteiger partial charge in [0.1, 0.15) is 0 Å². The molecule has 2 saturated heterocycles. The number of nitrogens with one attached hydrogen (secondary N) is 1. The first-order valence-corrected chi connectivity index (χ1v) is 10.9. The highest BCUT2D eigenvalue weighted by Gasteiger charge is 2.38. The number of rotatable bonds is 4. The molecule has 0 aromatic heterocycles. The monoisotopic (exact) mass is 419 g/mol. The number of amides is 3. The van der Waals surface area contributed by atoms with Crippen molar-refractivity contribution in [1.82, 2.24) is 4.90 Å². The third kappa shape index (κ3) is 4.63. The van der Waals surface area contributed by atoms with Gasteiger partial charge in [0.15, 0.2) is 0 Å². The van der Waals surface area contributed by atoms with Crippen molar-refractivity contribution in [3.63, 3.8) is 0 Å². The summed E-state index contributed by atoms with van der Waals surface area (Å²) in [6.45, 7) is 5.51. The van der Waals surface area contributed by atoms with Crippen LogP contribution in [0.4, 0.5) is 11.4 Å². The predicted molar refractivity (Wildman–Crippen MR) is 121 cm³/mol. The number of carbonyl (C=O) groups is 3. The number of likely N-dealkylation sites (tertiary alicyclic amines) is 1. The standard InChI is InChI=1S/C25H29N3O3/c1-17-7-9-21(10-8-17)28-16-20(15-23(28)29)25(31)27-13-11-19(12-14-27)24(30)26-22-6-4-3-5-18(22)2/h3-10,19-20H,11-16H2,1-2H3,(H,26,30)/t20-/m0/s1. The van der Waals surface area contributed by atoms with Crippen molar-refractivity contribution in [2.75, 3.05) is 29.9 Å². The minimum atomic E-state index is -0.314. The summed E-state index contributed by atoms with van der Waals surface area (Å²) in [6, 6.07) is 15.5. The number of hydrogen-bond acceptors (Lipinski definition) is 3. The Hall–Kier alpha value is -3.15. The molecule has 4 rings (SSSR count). The molecule has 3 amide bonds. The van der Waals surface area contributed by atoms with Gasteiger partial charge < -0.3 is 15.1 Å². The molecule has 0 radical (unpaired) electrons. The fourth-order valence-electron chi connectivity index (χ4n) is 4.42. The molecule has 6 heteroatoms. The number of para-hydroxylation sites is 1. The molecule has 1 atom stereocenters. The molecule has 31 heavy (non-hydrogen) atoms. The molecule has 2 aromatic rings. The van der Waals surface area contributed by atoms with E-state index in [0.29, 0.717) is 32.5 Å². The van der Waals surface area contributed by atoms with Gasteiger partial charge in [-0.25, -0.2) is 0 Å². The maximum absolute atomic E-state index is 13.0. The number of aryl methyl sites for hydroxylation is 2. The average Bonchev–Trinajstić information content (AvgIpc) is 3.17. The van der Waals surface area contributed by atoms with E-state index in [9.17, 15) is 14.4 Å². The van der Waals surface area contributed by atoms with Gasteiger partial charge in [0.05, 0.1) is 5.92 Å². The van der Waals surface area contributed by atoms with Gasteiger partial charge >= 0.3 is 0 Å². The second kappa shape index (κ2) is 8.92. The number of hydrogen-bond donors (Lipinski definition) is 1. The van der Waals surface area contributed by atoms with Crippen LogP contribution in [0.1, 0.15) is 30.4 Å². The average molecular weight is 420 g/mol. The van der Waals surface area contributed by atoms with Gasteiger partial charge in [-0.1, -0.05) is 35.9 Å². The summed E-state index contributed by atoms with van der Waals surface area (Å²) in [6.07, 6.45) is 1.54. The van der Waals surface area contributed by atoms with Crippen LogP contribution in [0, 0.1) is 25.7 Å². The van der Waals surface area contributed by atoms with E-state index < -0.39 is 0 Å². The van der Waals surface area contributed by atoms with Crippen LogP contribution in [0.3, 0.4) is 0 Å². The third-order valence-corrected chi connectivity index (χ3v) is 6.40. The number of anilines is 2. The summed E-state index contributed by atoms with van der Waals surface area (Å²) in [5, 5.41) is 3.02. The van der Waals surface area contributed by atoms with Crippen LogP contribution in [0.5, 0.6) is 0 Å². The SMILES string of the molecule is Cc1ccc(N2C[C@@H](C(=O)N3CCC(C(=O)Nc4ccccc4C)CC3)CC2=O)cc1. The fraction of sp³-hybridized carbons (Fsp3) is 0.400. The summed E-state index contributed by atoms with van der Waals surface area (Å²) in [4.78, 5) is 41.7. The summed E-state index contributed by atoms with van der Waals surface area (Å²) in [5.41, 5.74) is 3.86. The second-order valence-electron chi connectivity index (χ2n) is 8.64. The van der Waals surface area contributed by atoms with E-state index in [1.165, 1.54) is 0 Å². The first-order chi connectivity index (χ1) is 14.9. The van der Waals surface area contributed by atoms with E-state index in [4.69, 9.17) is 0 Å². The molecule has 2 heterocycles. The van der Waals surface area contributed by atoms with Crippen molar-refractivity contribution in [3.8, 4) is 0 Å². The van der Waals surface area contributed by atoms with Crippen molar-refractivity contribution in [1.29, 1.82) is 0 Å². The first kappa shape index (κ1) is 21.1. The van der Waals surface area contributed by atoms with E-state index in [2.05, 4.69) is 5.32 Å². The zero-order chi connectivity index (χ0) is 22.0. The van der Waals surface area contributed by atoms with E-state index in [-0.39, 0.29) is 36.0 Å². The Morgan fingerprint density at radius 1 is 0.935 bits per heavy atom. The van der Waals surface area contributed by atoms with Crippen LogP contribution in [0.2, 0.25) is 0 Å². The van der Waals surface area contributed by atoms with E-state index in [1.807, 2.05) is 67.3 Å². The van der Waals surface area contributed by atoms with Crippen LogP contribution < -0.4 is 10.2 Å². The molecule has 0 aliphatic carbocycles. The van der Waals surface area contributed by atoms with Crippen LogP contribution in [-0.4, -0.2) is 42.3 Å². The molecule has 2 aliphatic rings. The summed E-state index contributed by atoms with van der Waals surface area (Å²) < 4.78 is 0. The molecule has 2 aliphatic heterocycles. The molecule has 162 valence electrons. The lowest BCUT2D eigenvalue weighted by Gasteiger charge is -2.33. The highest BCUT2D eigenvalue weighted by molar-refractivity contribution is 6.00. The van der Waals surface area contributed by atoms with E-state index in [1.54, 1.807) is 4.90 Å². The van der Waals surface area contributed by atoms with Gasteiger partial charge in [-0.15, -0.1) is 0 Å². The van der Waals surface area contributed by atoms with Crippen molar-refractivity contribution in [2.24, 2.45) is 11.8 Å². The quantitative estimate of drug-likeness (QED) is 0.824. The Morgan fingerprint density at radius 2 is 1.61 bits per heavy atom. The Balaban J connectivity index is 1.31. The van der Waals surface area contributed by atoms with E-state index >= 15 is 0 Å². The van der Waals surface area contributed by atoms with Crippen molar-refractivity contribution in [3.05, 3.63) is 59.7 Å². The zero-order valence-electron chi connectivity index (χ0n) is 18.1. The lowest BCUT2D eigenvalue weighted by molar-refractivity contribution is -0.138. The van der Waals surface area contributed by atoms with E-state index in [0.717, 1.165) is 22.5 Å². The maximum atomic E-state index is 13.0. The minimum absolute atomic E-state index is 0.00491. The summed E-state index contributed by atoms with van der Waals surface area (Å²) in [5.74, 6) is -0.373. The lowest BCUT2D eigenvalue weighted by Crippen LogP contribution is -2.44. The highest BCUT2D eigenvalue weighted by Crippen LogP contribution is 2.28. The van der Waals surface area contributed by atoms with Gasteiger partial charge in [-0.3, -0.25) is 14.4 Å².